The molecule has 0 fully saturated rings. The summed E-state index contributed by atoms with van der Waals surface area (Å²) in [6, 6.07) is 0. The van der Waals surface area contributed by atoms with E-state index in [1.165, 1.54) is 9.83 Å². The van der Waals surface area contributed by atoms with Crippen molar-refractivity contribution in [1.29, 1.82) is 0 Å². The molecular weight excluding hydrogens is 1520 g/mol. The fourth-order valence-corrected chi connectivity index (χ4v) is 117. The molecule has 0 aromatic rings. The minimum Gasteiger partial charge on any atom is -0.0988 e. The highest BCUT2D eigenvalue weighted by Crippen LogP contribution is 2.68. The van der Waals surface area contributed by atoms with E-state index < -0.39 is 6.18 Å². The van der Waals surface area contributed by atoms with Gasteiger partial charge in [-0.1, -0.05) is 37.7 Å². The maximum atomic E-state index is 5.58. The molecule has 0 saturated heterocycles. The third-order valence-corrected chi connectivity index (χ3v) is 98.7. The topological polar surface area (TPSA) is 0 Å². The van der Waals surface area contributed by atoms with Crippen LogP contribution in [0.5, 0.6) is 0 Å². The van der Waals surface area contributed by atoms with Crippen LogP contribution in [0.4, 0.5) is 0 Å². The van der Waals surface area contributed by atoms with E-state index in [9.17, 15) is 0 Å². The first-order chi connectivity index (χ1) is 25.0. The van der Waals surface area contributed by atoms with Gasteiger partial charge in [0.15, 0.2) is 0 Å². The Morgan fingerprint density at radius 3 is 0.765 bits per heavy atom. The first-order valence-electron chi connectivity index (χ1n) is 9.87. The Bertz CT molecular complexity index is 778. The largest absolute Gasteiger partial charge is 0.0988 e. The van der Waals surface area contributed by atoms with Crippen LogP contribution in [-0.2, 0) is 28.6 Å². The van der Waals surface area contributed by atoms with Crippen LogP contribution in [0.3, 0.4) is 0 Å². The number of rotatable bonds is 44. The standard InChI is InChI=1S/C6H12S45/c1-6(2)4-3-5-51(8,9)50-49-48-47-46-45-44-43-42-41-40-39-38-37-36-35-34-33-32-31-30-29-28-27-26-25-24-23-22-21-20-19-18-17-16-15-14-13-12-11-10-7/h3-4,6-7H,5H2,1-2H3/b4-3+. The molecule has 0 bridgehead atoms. The maximum Gasteiger partial charge on any atom is 0.0301 e. The van der Waals surface area contributed by atoms with Gasteiger partial charge in [0.25, 0.3) is 0 Å². The summed E-state index contributed by atoms with van der Waals surface area (Å²) in [5, 5.41) is 0. The van der Waals surface area contributed by atoms with E-state index in [1.54, 1.807) is 118 Å². The van der Waals surface area contributed by atoms with Crippen LogP contribution in [0.25, 0.3) is 0 Å². The third-order valence-electron chi connectivity index (χ3n) is 2.04. The zero-order valence-corrected chi connectivity index (χ0v) is 59.7. The zero-order valence-electron chi connectivity index (χ0n) is 22.8. The smallest absolute Gasteiger partial charge is 0.0301 e. The van der Waals surface area contributed by atoms with Gasteiger partial charge in [-0.2, -0.15) is 0 Å². The second kappa shape index (κ2) is 57.8. The molecule has 0 spiro atoms. The summed E-state index contributed by atoms with van der Waals surface area (Å²) < 4.78 is 0. The molecule has 0 aliphatic heterocycles. The van der Waals surface area contributed by atoms with Gasteiger partial charge in [-0.25, -0.2) is 0 Å². The monoisotopic (exact) mass is 1520 g/mol. The fraction of sp³-hybridized carbons (Fsp3) is 0.667. The third kappa shape index (κ3) is 61.3. The van der Waals surface area contributed by atoms with Gasteiger partial charge in [-0.05, 0) is 192 Å². The van der Waals surface area contributed by atoms with E-state index in [2.05, 4.69) is 37.7 Å². The van der Waals surface area contributed by atoms with Crippen molar-refractivity contribution in [3.63, 3.8) is 0 Å². The molecule has 0 radical (unpaired) electrons. The van der Waals surface area contributed by atoms with Gasteiger partial charge < -0.3 is 0 Å². The minimum absolute atomic E-state index is 0.555. The lowest BCUT2D eigenvalue weighted by atomic mass is 10.2. The van der Waals surface area contributed by atoms with Gasteiger partial charge in [-0.3, -0.25) is 0 Å². The van der Waals surface area contributed by atoms with Crippen LogP contribution < -0.4 is 0 Å². The second-order valence-corrected chi connectivity index (χ2v) is 86.4. The van der Waals surface area contributed by atoms with Crippen LogP contribution in [0.1, 0.15) is 13.8 Å². The molecule has 0 nitrogen and oxygen atoms in total. The predicted octanol–water partition coefficient (Wildman–Crippen LogP) is 28.7. The van der Waals surface area contributed by atoms with E-state index in [0.717, 1.165) is 5.75 Å². The zero-order chi connectivity index (χ0) is 37.2. The molecule has 0 aromatic carbocycles. The van der Waals surface area contributed by atoms with E-state index in [1.807, 2.05) is 275 Å². The van der Waals surface area contributed by atoms with Crippen molar-refractivity contribution in [2.75, 3.05) is 5.75 Å². The summed E-state index contributed by atoms with van der Waals surface area (Å²) in [5.41, 5.74) is 0. The van der Waals surface area contributed by atoms with Crippen molar-refractivity contribution >= 4 is 443 Å². The van der Waals surface area contributed by atoms with E-state index in [0.29, 0.717) is 5.92 Å². The predicted molar refractivity (Wildman–Crippen MR) is 371 cm³/mol. The molecule has 0 aliphatic carbocycles. The van der Waals surface area contributed by atoms with E-state index >= 15 is 0 Å². The molecule has 0 N–H and O–H groups in total. The lowest BCUT2D eigenvalue weighted by Crippen LogP contribution is -1.92. The first-order valence-corrected chi connectivity index (χ1v) is 69.2. The molecule has 0 aromatic heterocycles. The Morgan fingerprint density at radius 1 is 0.373 bits per heavy atom. The Morgan fingerprint density at radius 2 is 0.569 bits per heavy atom. The molecule has 306 valence electrons. The minimum atomic E-state index is -1.44. The van der Waals surface area contributed by atoms with Crippen LogP contribution in [-0.4, -0.2) is 5.75 Å². The van der Waals surface area contributed by atoms with Crippen LogP contribution in [0.2, 0.25) is 0 Å². The van der Waals surface area contributed by atoms with Gasteiger partial charge in [0.05, 0.1) is 0 Å². The number of thiol groups is 1. The number of allylic oxidation sites excluding steroid dienone is 1. The lowest BCUT2D eigenvalue weighted by Gasteiger charge is -2.05. The Hall–Kier alpha value is 15.2. The molecule has 0 atom stereocenters. The summed E-state index contributed by atoms with van der Waals surface area (Å²) in [6.45, 7) is 4.34. The van der Waals surface area contributed by atoms with Crippen LogP contribution in [0, 0.1) is 5.92 Å². The summed E-state index contributed by atoms with van der Waals surface area (Å²) in [7, 11) is 73.6. The van der Waals surface area contributed by atoms with Crippen molar-refractivity contribution in [2.24, 2.45) is 5.92 Å². The molecule has 45 heteroatoms. The molecule has 0 rings (SSSR count). The average molecular weight is 1530 g/mol. The highest BCUT2D eigenvalue weighted by atomic mass is 34.1. The molecule has 0 aliphatic rings. The van der Waals surface area contributed by atoms with Crippen molar-refractivity contribution in [2.45, 2.75) is 13.8 Å². The summed E-state index contributed by atoms with van der Waals surface area (Å²) in [6.07, 6.45) is 2.90. The SMILES string of the molecule is CC(C)/C=C/CS(=S)(=S)SSSSSSSSSSSSSSSSSSSSSSSSSSSSSSSSSSSSSSSSSS. The van der Waals surface area contributed by atoms with Gasteiger partial charge in [0, 0.05) is 251 Å². The van der Waals surface area contributed by atoms with E-state index in [-0.39, 0.29) is 0 Å². The van der Waals surface area contributed by atoms with Gasteiger partial charge >= 0.3 is 0 Å². The van der Waals surface area contributed by atoms with Crippen LogP contribution in [0.15, 0.2) is 12.2 Å². The lowest BCUT2D eigenvalue weighted by molar-refractivity contribution is 0.830. The molecule has 0 amide bonds. The first kappa shape index (κ1) is 66.2. The summed E-state index contributed by atoms with van der Waals surface area (Å²) >= 11 is 15.3. The normalized spacial score (nSPS) is 12.2. The highest BCUT2D eigenvalue weighted by molar-refractivity contribution is 9.62. The van der Waals surface area contributed by atoms with E-state index in [4.69, 9.17) is 22.4 Å². The molecule has 51 heavy (non-hydrogen) atoms. The Kier molecular flexibility index (Phi) is 75.1. The molecule has 0 saturated carbocycles. The Labute approximate surface area is 468 Å². The van der Waals surface area contributed by atoms with Gasteiger partial charge in [0.1, 0.15) is 0 Å². The summed E-state index contributed by atoms with van der Waals surface area (Å²) in [4.78, 5) is 0. The quantitative estimate of drug-likeness (QED) is 0.0266. The number of hydrogen-bond acceptors (Lipinski definition) is 44. The van der Waals surface area contributed by atoms with Crippen molar-refractivity contribution in [1.82, 2.24) is 0 Å². The highest BCUT2D eigenvalue weighted by Gasteiger charge is 2.05. The van der Waals surface area contributed by atoms with Crippen molar-refractivity contribution in [3.05, 3.63) is 12.2 Å². The maximum absolute atomic E-state index is 5.58. The molecule has 0 heterocycles. The van der Waals surface area contributed by atoms with Crippen molar-refractivity contribution < 1.29 is 0 Å². The number of hydrogen-bond donors (Lipinski definition) is 1. The fourth-order valence-electron chi connectivity index (χ4n) is 0.959. The second-order valence-electron chi connectivity index (χ2n) is 5.19. The molecular formula is C6H12S45. The van der Waals surface area contributed by atoms with Gasteiger partial charge in [-0.15, -0.1) is 0 Å². The van der Waals surface area contributed by atoms with Crippen molar-refractivity contribution in [3.8, 4) is 0 Å². The van der Waals surface area contributed by atoms with Gasteiger partial charge in [0.2, 0.25) is 0 Å². The average Bonchev–Trinajstić information content (AvgIpc) is 3.10. The Balaban J connectivity index is 3.13. The van der Waals surface area contributed by atoms with Crippen LogP contribution >= 0.6 is 415 Å². The summed E-state index contributed by atoms with van der Waals surface area (Å²) in [5.74, 6) is 1.38. The molecule has 0 unspecified atom stereocenters.